The number of pyridine rings is 2. The van der Waals surface area contributed by atoms with E-state index in [0.717, 1.165) is 22.3 Å². The minimum Gasteiger partial charge on any atom is -0.478 e. The Morgan fingerprint density at radius 3 is 2.33 bits per heavy atom. The summed E-state index contributed by atoms with van der Waals surface area (Å²) in [4.78, 5) is 32.4. The van der Waals surface area contributed by atoms with Gasteiger partial charge in [-0.1, -0.05) is 55.5 Å². The molecular formula is C32H31N3O6S. The van der Waals surface area contributed by atoms with Crippen molar-refractivity contribution in [2.24, 2.45) is 5.92 Å². The number of carbonyl (C=O) groups is 2. The van der Waals surface area contributed by atoms with Gasteiger partial charge >= 0.3 is 5.97 Å². The molecule has 0 saturated carbocycles. The molecule has 0 radical (unpaired) electrons. The topological polar surface area (TPSA) is 131 Å². The molecule has 3 N–H and O–H groups in total. The molecule has 216 valence electrons. The number of aromatic nitrogens is 2. The Hall–Kier alpha value is -4.09. The number of amides is 1. The first-order valence-corrected chi connectivity index (χ1v) is 14.5. The van der Waals surface area contributed by atoms with Crippen LogP contribution in [-0.4, -0.2) is 43.9 Å². The third-order valence-electron chi connectivity index (χ3n) is 7.14. The summed E-state index contributed by atoms with van der Waals surface area (Å²) in [5, 5.41) is 22.4. The molecule has 2 aromatic heterocycles. The van der Waals surface area contributed by atoms with Crippen LogP contribution in [0.3, 0.4) is 0 Å². The highest BCUT2D eigenvalue weighted by atomic mass is 32.2. The Morgan fingerprint density at radius 1 is 0.929 bits per heavy atom. The van der Waals surface area contributed by atoms with Crippen molar-refractivity contribution in [3.05, 3.63) is 125 Å². The third-order valence-corrected chi connectivity index (χ3v) is 8.23. The van der Waals surface area contributed by atoms with Crippen LogP contribution in [0.5, 0.6) is 0 Å². The lowest BCUT2D eigenvalue weighted by Crippen LogP contribution is -2.38. The van der Waals surface area contributed by atoms with Crippen LogP contribution in [0.4, 0.5) is 0 Å². The van der Waals surface area contributed by atoms with Crippen molar-refractivity contribution in [2.75, 3.05) is 5.75 Å². The van der Waals surface area contributed by atoms with Crippen LogP contribution in [-0.2, 0) is 22.6 Å². The summed E-state index contributed by atoms with van der Waals surface area (Å²) >= 11 is 1.35. The van der Waals surface area contributed by atoms with Crippen LogP contribution in [0.1, 0.15) is 62.3 Å². The number of nitrogens with one attached hydrogen (secondary N) is 1. The van der Waals surface area contributed by atoms with Gasteiger partial charge < -0.3 is 25.0 Å². The number of benzene rings is 2. The van der Waals surface area contributed by atoms with Gasteiger partial charge in [-0.3, -0.25) is 9.78 Å². The average Bonchev–Trinajstić information content (AvgIpc) is 3.04. The molecule has 1 aliphatic rings. The van der Waals surface area contributed by atoms with Crippen molar-refractivity contribution in [3.8, 4) is 0 Å². The van der Waals surface area contributed by atoms with Crippen LogP contribution >= 0.6 is 11.8 Å². The third kappa shape index (κ3) is 7.03. The summed E-state index contributed by atoms with van der Waals surface area (Å²) in [6.07, 6.45) is 3.47. The van der Waals surface area contributed by atoms with Crippen molar-refractivity contribution in [2.45, 2.75) is 43.6 Å². The molecule has 9 nitrogen and oxygen atoms in total. The lowest BCUT2D eigenvalue weighted by atomic mass is 9.91. The number of hydrogen-bond donors (Lipinski definition) is 3. The lowest BCUT2D eigenvalue weighted by Gasteiger charge is -2.41. The van der Waals surface area contributed by atoms with E-state index in [0.29, 0.717) is 22.9 Å². The molecule has 1 amide bonds. The highest BCUT2D eigenvalue weighted by Crippen LogP contribution is 2.43. The zero-order valence-corrected chi connectivity index (χ0v) is 23.7. The number of thioether (sulfide) groups is 1. The van der Waals surface area contributed by atoms with Crippen LogP contribution in [0.25, 0.3) is 0 Å². The van der Waals surface area contributed by atoms with E-state index >= 15 is 0 Å². The Labute approximate surface area is 247 Å². The first-order valence-electron chi connectivity index (χ1n) is 13.5. The predicted octanol–water partition coefficient (Wildman–Crippen LogP) is 5.18. The van der Waals surface area contributed by atoms with Gasteiger partial charge in [-0.2, -0.15) is 0 Å². The van der Waals surface area contributed by atoms with E-state index < -0.39 is 12.3 Å². The van der Waals surface area contributed by atoms with Gasteiger partial charge in [0.1, 0.15) is 5.03 Å². The SMILES string of the molecule is C[C@@H]1[C@H](CSc2ncccc2C(=O)O)O[C@H](c2ccc(CNC(=O)c3cccnc3)cc2)O[C@@H]1c1ccc(CO)cc1. The van der Waals surface area contributed by atoms with E-state index in [1.165, 1.54) is 18.0 Å². The number of aromatic carboxylic acids is 1. The van der Waals surface area contributed by atoms with Gasteiger partial charge in [0.2, 0.25) is 0 Å². The number of carboxylic acid groups (broad SMARTS) is 1. The molecule has 4 aromatic rings. The minimum absolute atomic E-state index is 0.0443. The molecule has 1 aliphatic heterocycles. The zero-order chi connectivity index (χ0) is 29.5. The summed E-state index contributed by atoms with van der Waals surface area (Å²) in [7, 11) is 0. The fourth-order valence-electron chi connectivity index (χ4n) is 4.71. The minimum atomic E-state index is -1.03. The molecular weight excluding hydrogens is 554 g/mol. The maximum atomic E-state index is 12.4. The quantitative estimate of drug-likeness (QED) is 0.216. The number of carbonyl (C=O) groups excluding carboxylic acids is 1. The Bertz CT molecular complexity index is 1500. The summed E-state index contributed by atoms with van der Waals surface area (Å²) in [6.45, 7) is 2.36. The maximum Gasteiger partial charge on any atom is 0.338 e. The number of rotatable bonds is 10. The molecule has 42 heavy (non-hydrogen) atoms. The van der Waals surface area contributed by atoms with Crippen LogP contribution in [0, 0.1) is 5.92 Å². The number of aliphatic hydroxyl groups is 1. The number of carboxylic acids is 1. The van der Waals surface area contributed by atoms with Crippen molar-refractivity contribution in [1.82, 2.24) is 15.3 Å². The van der Waals surface area contributed by atoms with E-state index in [2.05, 4.69) is 22.2 Å². The zero-order valence-electron chi connectivity index (χ0n) is 22.9. The van der Waals surface area contributed by atoms with E-state index in [1.807, 2.05) is 48.5 Å². The van der Waals surface area contributed by atoms with Crippen molar-refractivity contribution in [3.63, 3.8) is 0 Å². The van der Waals surface area contributed by atoms with Gasteiger partial charge in [0, 0.05) is 42.4 Å². The Morgan fingerprint density at radius 2 is 1.64 bits per heavy atom. The van der Waals surface area contributed by atoms with Crippen molar-refractivity contribution >= 4 is 23.6 Å². The van der Waals surface area contributed by atoms with Gasteiger partial charge in [0.25, 0.3) is 5.91 Å². The summed E-state index contributed by atoms with van der Waals surface area (Å²) in [5.74, 6) is -0.813. The Balaban J connectivity index is 1.33. The standard InChI is InChI=1S/C32H31N3O6S/c1-20-27(19-42-30-26(31(38)39)5-3-15-34-30)40-32(41-28(20)23-10-8-22(18-36)9-11-23)24-12-6-21(7-13-24)16-35-29(37)25-4-2-14-33-17-25/h2-15,17,20,27-28,32,36H,16,18-19H2,1H3,(H,35,37)(H,38,39)/t20-,27+,28+,32+/m1/s1. The maximum absolute atomic E-state index is 12.4. The van der Waals surface area contributed by atoms with Gasteiger partial charge in [-0.25, -0.2) is 9.78 Å². The van der Waals surface area contributed by atoms with E-state index in [1.54, 1.807) is 36.7 Å². The highest BCUT2D eigenvalue weighted by molar-refractivity contribution is 7.99. The number of nitrogens with zero attached hydrogens (tertiary/aromatic N) is 2. The van der Waals surface area contributed by atoms with Crippen LogP contribution < -0.4 is 5.32 Å². The Kier molecular flexibility index (Phi) is 9.60. The van der Waals surface area contributed by atoms with Gasteiger partial charge in [0.05, 0.1) is 29.9 Å². The molecule has 3 heterocycles. The predicted molar refractivity (Wildman–Crippen MR) is 157 cm³/mol. The molecule has 0 bridgehead atoms. The number of aliphatic hydroxyl groups excluding tert-OH is 1. The fraction of sp³-hybridized carbons (Fsp3) is 0.250. The summed E-state index contributed by atoms with van der Waals surface area (Å²) in [5.41, 5.74) is 4.16. The van der Waals surface area contributed by atoms with Crippen molar-refractivity contribution < 1.29 is 29.3 Å². The van der Waals surface area contributed by atoms with E-state index in [-0.39, 0.29) is 36.2 Å². The van der Waals surface area contributed by atoms with Crippen LogP contribution in [0.15, 0.2) is 96.4 Å². The molecule has 1 saturated heterocycles. The second-order valence-electron chi connectivity index (χ2n) is 9.96. The number of ether oxygens (including phenoxy) is 2. The monoisotopic (exact) mass is 585 g/mol. The molecule has 0 unspecified atom stereocenters. The van der Waals surface area contributed by atoms with Gasteiger partial charge in [-0.05, 0) is 41.0 Å². The molecule has 5 rings (SSSR count). The summed E-state index contributed by atoms with van der Waals surface area (Å²) < 4.78 is 13.0. The normalized spacial score (nSPS) is 20.1. The first kappa shape index (κ1) is 29.4. The number of hydrogen-bond acceptors (Lipinski definition) is 8. The molecule has 0 aliphatic carbocycles. The second kappa shape index (κ2) is 13.7. The lowest BCUT2D eigenvalue weighted by molar-refractivity contribution is -0.268. The van der Waals surface area contributed by atoms with E-state index in [4.69, 9.17) is 9.47 Å². The van der Waals surface area contributed by atoms with Gasteiger partial charge in [-0.15, -0.1) is 11.8 Å². The molecule has 4 atom stereocenters. The van der Waals surface area contributed by atoms with E-state index in [9.17, 15) is 19.8 Å². The summed E-state index contributed by atoms with van der Waals surface area (Å²) in [6, 6.07) is 21.9. The second-order valence-corrected chi connectivity index (χ2v) is 11.0. The van der Waals surface area contributed by atoms with Gasteiger partial charge in [0.15, 0.2) is 6.29 Å². The molecule has 2 aromatic carbocycles. The molecule has 10 heteroatoms. The average molecular weight is 586 g/mol. The largest absolute Gasteiger partial charge is 0.478 e. The fourth-order valence-corrected chi connectivity index (χ4v) is 5.86. The molecule has 0 spiro atoms. The smallest absolute Gasteiger partial charge is 0.338 e. The molecule has 1 fully saturated rings. The first-order chi connectivity index (χ1) is 20.4. The van der Waals surface area contributed by atoms with Crippen molar-refractivity contribution in [1.29, 1.82) is 0 Å². The highest BCUT2D eigenvalue weighted by Gasteiger charge is 2.38. The van der Waals surface area contributed by atoms with Crippen LogP contribution in [0.2, 0.25) is 0 Å².